The third kappa shape index (κ3) is 5.02. The summed E-state index contributed by atoms with van der Waals surface area (Å²) >= 11 is 1.76. The molecule has 0 unspecified atom stereocenters. The largest absolute Gasteiger partial charge is 0.341 e. The molecule has 2 heterocycles. The molecule has 0 bridgehead atoms. The first-order valence-electron chi connectivity index (χ1n) is 7.84. The summed E-state index contributed by atoms with van der Waals surface area (Å²) in [5.74, 6) is 0.190. The zero-order chi connectivity index (χ0) is 16.1. The van der Waals surface area contributed by atoms with Crippen LogP contribution < -0.4 is 10.6 Å². The zero-order valence-corrected chi connectivity index (χ0v) is 14.3. The Morgan fingerprint density at radius 2 is 2.05 bits per heavy atom. The van der Waals surface area contributed by atoms with Crippen molar-refractivity contribution in [2.45, 2.75) is 52.1 Å². The molecule has 1 aliphatic heterocycles. The average molecular weight is 323 g/mol. The lowest BCUT2D eigenvalue weighted by molar-refractivity contribution is -0.127. The summed E-state index contributed by atoms with van der Waals surface area (Å²) in [6.07, 6.45) is 2.40. The summed E-state index contributed by atoms with van der Waals surface area (Å²) in [6.45, 7) is 7.41. The first-order chi connectivity index (χ1) is 10.4. The van der Waals surface area contributed by atoms with E-state index in [4.69, 9.17) is 0 Å². The van der Waals surface area contributed by atoms with Crippen LogP contribution in [0.25, 0.3) is 0 Å². The topological polar surface area (TPSA) is 61.4 Å². The molecule has 1 aromatic rings. The Morgan fingerprint density at radius 1 is 1.32 bits per heavy atom. The number of urea groups is 1. The standard InChI is InChI=1S/C16H25N3O2S/c1-11(9-14-7-6-13(3)22-14)17-16(21)18-12(2)10-19-8-4-5-15(19)20/h6-7,11-12H,4-5,8-10H2,1-3H3,(H2,17,18,21)/t11-,12+/m1/s1. The van der Waals surface area contributed by atoms with Crippen molar-refractivity contribution in [3.05, 3.63) is 21.9 Å². The van der Waals surface area contributed by atoms with Crippen molar-refractivity contribution in [3.8, 4) is 0 Å². The lowest BCUT2D eigenvalue weighted by Crippen LogP contribution is -2.48. The Bertz CT molecular complexity index is 529. The van der Waals surface area contributed by atoms with Gasteiger partial charge in [-0.3, -0.25) is 4.79 Å². The molecule has 5 nitrogen and oxygen atoms in total. The van der Waals surface area contributed by atoms with E-state index in [1.54, 1.807) is 11.3 Å². The highest BCUT2D eigenvalue weighted by Gasteiger charge is 2.22. The summed E-state index contributed by atoms with van der Waals surface area (Å²) in [5, 5.41) is 5.87. The molecule has 1 saturated heterocycles. The number of hydrogen-bond donors (Lipinski definition) is 2. The average Bonchev–Trinajstić information content (AvgIpc) is 2.98. The van der Waals surface area contributed by atoms with E-state index in [1.165, 1.54) is 9.75 Å². The van der Waals surface area contributed by atoms with E-state index in [2.05, 4.69) is 29.7 Å². The van der Waals surface area contributed by atoms with Crippen molar-refractivity contribution < 1.29 is 9.59 Å². The second-order valence-corrected chi connectivity index (χ2v) is 7.45. The second-order valence-electron chi connectivity index (χ2n) is 6.08. The molecule has 1 aromatic heterocycles. The van der Waals surface area contributed by atoms with E-state index in [9.17, 15) is 9.59 Å². The van der Waals surface area contributed by atoms with E-state index in [0.717, 1.165) is 19.4 Å². The molecule has 2 rings (SSSR count). The third-order valence-corrected chi connectivity index (χ3v) is 4.75. The Kier molecular flexibility index (Phi) is 5.83. The lowest BCUT2D eigenvalue weighted by Gasteiger charge is -2.22. The fourth-order valence-corrected chi connectivity index (χ4v) is 3.73. The zero-order valence-electron chi connectivity index (χ0n) is 13.5. The lowest BCUT2D eigenvalue weighted by atomic mass is 10.2. The van der Waals surface area contributed by atoms with E-state index < -0.39 is 0 Å². The minimum absolute atomic E-state index is 0.0433. The number of carbonyl (C=O) groups is 2. The second kappa shape index (κ2) is 7.63. The Morgan fingerprint density at radius 3 is 2.64 bits per heavy atom. The molecule has 122 valence electrons. The van der Waals surface area contributed by atoms with Gasteiger partial charge in [0.05, 0.1) is 0 Å². The number of amides is 3. The van der Waals surface area contributed by atoms with Crippen LogP contribution in [0.15, 0.2) is 12.1 Å². The predicted octanol–water partition coefficient (Wildman–Crippen LogP) is 2.30. The van der Waals surface area contributed by atoms with Gasteiger partial charge in [-0.2, -0.15) is 0 Å². The minimum Gasteiger partial charge on any atom is -0.341 e. The molecule has 1 fully saturated rings. The fourth-order valence-electron chi connectivity index (χ4n) is 2.71. The molecule has 0 radical (unpaired) electrons. The normalized spacial score (nSPS) is 17.4. The molecule has 3 amide bonds. The Balaban J connectivity index is 1.71. The van der Waals surface area contributed by atoms with E-state index in [-0.39, 0.29) is 24.0 Å². The number of hydrogen-bond acceptors (Lipinski definition) is 3. The van der Waals surface area contributed by atoms with Gasteiger partial charge >= 0.3 is 6.03 Å². The van der Waals surface area contributed by atoms with Gasteiger partial charge in [0.1, 0.15) is 0 Å². The highest BCUT2D eigenvalue weighted by molar-refractivity contribution is 7.11. The van der Waals surface area contributed by atoms with Crippen LogP contribution in [0, 0.1) is 6.92 Å². The van der Waals surface area contributed by atoms with Crippen LogP contribution in [0.3, 0.4) is 0 Å². The number of aryl methyl sites for hydroxylation is 1. The predicted molar refractivity (Wildman–Crippen MR) is 89.2 cm³/mol. The maximum atomic E-state index is 12.0. The Labute approximate surface area is 136 Å². The summed E-state index contributed by atoms with van der Waals surface area (Å²) < 4.78 is 0. The summed E-state index contributed by atoms with van der Waals surface area (Å²) in [5.41, 5.74) is 0. The molecule has 0 aromatic carbocycles. The molecule has 6 heteroatoms. The Hall–Kier alpha value is -1.56. The first-order valence-corrected chi connectivity index (χ1v) is 8.66. The monoisotopic (exact) mass is 323 g/mol. The minimum atomic E-state index is -0.167. The van der Waals surface area contributed by atoms with Gasteiger partial charge in [-0.05, 0) is 39.3 Å². The number of nitrogens with one attached hydrogen (secondary N) is 2. The van der Waals surface area contributed by atoms with Crippen LogP contribution in [0.5, 0.6) is 0 Å². The van der Waals surface area contributed by atoms with Crippen LogP contribution in [0.4, 0.5) is 4.79 Å². The van der Waals surface area contributed by atoms with Crippen LogP contribution in [0.2, 0.25) is 0 Å². The van der Waals surface area contributed by atoms with Crippen molar-refractivity contribution in [3.63, 3.8) is 0 Å². The molecule has 1 aliphatic rings. The maximum absolute atomic E-state index is 12.0. The molecular weight excluding hydrogens is 298 g/mol. The molecule has 2 N–H and O–H groups in total. The van der Waals surface area contributed by atoms with Gasteiger partial charge in [-0.25, -0.2) is 4.79 Å². The summed E-state index contributed by atoms with van der Waals surface area (Å²) in [4.78, 5) is 28.0. The number of rotatable bonds is 6. The van der Waals surface area contributed by atoms with Gasteiger partial charge in [-0.15, -0.1) is 11.3 Å². The van der Waals surface area contributed by atoms with Crippen molar-refractivity contribution in [1.29, 1.82) is 0 Å². The van der Waals surface area contributed by atoms with E-state index >= 15 is 0 Å². The molecule has 22 heavy (non-hydrogen) atoms. The van der Waals surface area contributed by atoms with Crippen LogP contribution >= 0.6 is 11.3 Å². The molecule has 2 atom stereocenters. The van der Waals surface area contributed by atoms with Crippen LogP contribution in [0.1, 0.15) is 36.4 Å². The SMILES string of the molecule is Cc1ccc(C[C@@H](C)NC(=O)N[C@@H](C)CN2CCCC2=O)s1. The number of likely N-dealkylation sites (tertiary alicyclic amines) is 1. The molecule has 0 spiro atoms. The van der Waals surface area contributed by atoms with Crippen LogP contribution in [-0.4, -0.2) is 42.0 Å². The number of nitrogens with zero attached hydrogens (tertiary/aromatic N) is 1. The van der Waals surface area contributed by atoms with Gasteiger partial charge in [0.2, 0.25) is 5.91 Å². The van der Waals surface area contributed by atoms with Gasteiger partial charge in [0.25, 0.3) is 0 Å². The number of carbonyl (C=O) groups excluding carboxylic acids is 2. The molecule has 0 saturated carbocycles. The van der Waals surface area contributed by atoms with E-state index in [1.807, 2.05) is 18.7 Å². The first kappa shape index (κ1) is 16.8. The number of thiophene rings is 1. The molecular formula is C16H25N3O2S. The van der Waals surface area contributed by atoms with Crippen molar-refractivity contribution >= 4 is 23.3 Å². The third-order valence-electron chi connectivity index (χ3n) is 3.72. The van der Waals surface area contributed by atoms with E-state index in [0.29, 0.717) is 13.0 Å². The fraction of sp³-hybridized carbons (Fsp3) is 0.625. The van der Waals surface area contributed by atoms with Crippen molar-refractivity contribution in [2.75, 3.05) is 13.1 Å². The molecule has 0 aliphatic carbocycles. The van der Waals surface area contributed by atoms with Gasteiger partial charge in [0.15, 0.2) is 0 Å². The quantitative estimate of drug-likeness (QED) is 0.844. The van der Waals surface area contributed by atoms with Gasteiger partial charge < -0.3 is 15.5 Å². The highest BCUT2D eigenvalue weighted by atomic mass is 32.1. The van der Waals surface area contributed by atoms with Crippen molar-refractivity contribution in [1.82, 2.24) is 15.5 Å². The summed E-state index contributed by atoms with van der Waals surface area (Å²) in [6, 6.07) is 4.08. The van der Waals surface area contributed by atoms with Crippen molar-refractivity contribution in [2.24, 2.45) is 0 Å². The van der Waals surface area contributed by atoms with Crippen LogP contribution in [-0.2, 0) is 11.2 Å². The highest BCUT2D eigenvalue weighted by Crippen LogP contribution is 2.16. The smallest absolute Gasteiger partial charge is 0.315 e. The maximum Gasteiger partial charge on any atom is 0.315 e. The van der Waals surface area contributed by atoms with Gasteiger partial charge in [0, 0.05) is 47.8 Å². The van der Waals surface area contributed by atoms with Gasteiger partial charge in [-0.1, -0.05) is 0 Å². The summed E-state index contributed by atoms with van der Waals surface area (Å²) in [7, 11) is 0.